The molecule has 1 aliphatic rings. The third-order valence-electron chi connectivity index (χ3n) is 4.62. The van der Waals surface area contributed by atoms with Crippen molar-refractivity contribution in [2.75, 3.05) is 13.1 Å². The molecule has 0 fully saturated rings. The van der Waals surface area contributed by atoms with Crippen molar-refractivity contribution in [2.45, 2.75) is 51.6 Å². The molecule has 1 aliphatic carbocycles. The van der Waals surface area contributed by atoms with Gasteiger partial charge in [0.25, 0.3) is 0 Å². The fraction of sp³-hybridized carbons (Fsp3) is 0.556. The third kappa shape index (κ3) is 3.98. The van der Waals surface area contributed by atoms with Crippen molar-refractivity contribution in [3.63, 3.8) is 0 Å². The number of aryl methyl sites for hydroxylation is 2. The highest BCUT2D eigenvalue weighted by molar-refractivity contribution is 5.25. The third-order valence-corrected chi connectivity index (χ3v) is 4.62. The summed E-state index contributed by atoms with van der Waals surface area (Å²) in [7, 11) is 0. The van der Waals surface area contributed by atoms with Gasteiger partial charge in [-0.2, -0.15) is 0 Å². The molecule has 0 saturated heterocycles. The van der Waals surface area contributed by atoms with Gasteiger partial charge in [-0.25, -0.2) is 4.98 Å². The van der Waals surface area contributed by atoms with Gasteiger partial charge in [0.1, 0.15) is 5.82 Å². The molecule has 2 aromatic rings. The Kier molecular flexibility index (Phi) is 5.41. The molecule has 0 saturated carbocycles. The van der Waals surface area contributed by atoms with Crippen LogP contribution >= 0.6 is 0 Å². The van der Waals surface area contributed by atoms with Crippen LogP contribution in [0.4, 0.5) is 0 Å². The highest BCUT2D eigenvalue weighted by Crippen LogP contribution is 2.33. The smallest absolute Gasteiger partial charge is 0.120 e. The first-order valence-corrected chi connectivity index (χ1v) is 8.66. The number of unbranched alkanes of at least 4 members (excludes halogenated alkanes) is 1. The van der Waals surface area contributed by atoms with Crippen LogP contribution in [0.5, 0.6) is 0 Å². The van der Waals surface area contributed by atoms with Crippen LogP contribution in [0.1, 0.15) is 54.5 Å². The van der Waals surface area contributed by atoms with Crippen molar-refractivity contribution in [1.82, 2.24) is 19.9 Å². The average molecular weight is 313 g/mol. The molecule has 23 heavy (non-hydrogen) atoms. The standard InChI is InChI=1S/C18H27N5/c1-14-12-21-17(22-14)13-23(11-3-2-9-19)16-8-4-6-15-7-5-10-20-18(15)16/h5,7,10,12,16H,2-4,6,8-9,11,13,19H2,1H3,(H,21,22). The Labute approximate surface area is 138 Å². The maximum Gasteiger partial charge on any atom is 0.120 e. The van der Waals surface area contributed by atoms with E-state index in [9.17, 15) is 0 Å². The second-order valence-corrected chi connectivity index (χ2v) is 6.41. The molecule has 0 radical (unpaired) electrons. The number of fused-ring (bicyclic) bond motifs is 1. The number of nitrogens with two attached hydrogens (primary N) is 1. The lowest BCUT2D eigenvalue weighted by Crippen LogP contribution is -2.33. The molecule has 124 valence electrons. The predicted molar refractivity (Wildman–Crippen MR) is 91.9 cm³/mol. The van der Waals surface area contributed by atoms with E-state index < -0.39 is 0 Å². The molecule has 1 unspecified atom stereocenters. The van der Waals surface area contributed by atoms with E-state index in [4.69, 9.17) is 10.7 Å². The number of pyridine rings is 1. The van der Waals surface area contributed by atoms with Crippen LogP contribution < -0.4 is 5.73 Å². The minimum atomic E-state index is 0.392. The highest BCUT2D eigenvalue weighted by atomic mass is 15.2. The first-order chi connectivity index (χ1) is 11.3. The van der Waals surface area contributed by atoms with Gasteiger partial charge in [0.05, 0.1) is 24.0 Å². The molecule has 5 nitrogen and oxygen atoms in total. The van der Waals surface area contributed by atoms with E-state index in [2.05, 4.69) is 27.0 Å². The SMILES string of the molecule is Cc1c[nH]c(CN(CCCCN)C2CCCc3cccnc32)n1. The summed E-state index contributed by atoms with van der Waals surface area (Å²) in [5.74, 6) is 1.04. The van der Waals surface area contributed by atoms with E-state index in [-0.39, 0.29) is 0 Å². The maximum absolute atomic E-state index is 5.68. The Morgan fingerprint density at radius 1 is 1.39 bits per heavy atom. The molecule has 1 atom stereocenters. The molecule has 0 aromatic carbocycles. The van der Waals surface area contributed by atoms with Gasteiger partial charge >= 0.3 is 0 Å². The zero-order chi connectivity index (χ0) is 16.1. The van der Waals surface area contributed by atoms with E-state index >= 15 is 0 Å². The van der Waals surface area contributed by atoms with E-state index in [0.717, 1.165) is 50.4 Å². The quantitative estimate of drug-likeness (QED) is 0.771. The molecule has 0 aliphatic heterocycles. The van der Waals surface area contributed by atoms with Gasteiger partial charge in [-0.1, -0.05) is 6.07 Å². The summed E-state index contributed by atoms with van der Waals surface area (Å²) in [4.78, 5) is 15.1. The minimum absolute atomic E-state index is 0.392. The molecular formula is C18H27N5. The Hall–Kier alpha value is -1.72. The fourth-order valence-corrected chi connectivity index (χ4v) is 3.48. The number of hydrogen-bond donors (Lipinski definition) is 2. The number of rotatable bonds is 7. The summed E-state index contributed by atoms with van der Waals surface area (Å²) in [6.07, 6.45) is 9.63. The molecular weight excluding hydrogens is 286 g/mol. The summed E-state index contributed by atoms with van der Waals surface area (Å²) in [6.45, 7) is 4.67. The molecule has 3 N–H and O–H groups in total. The Morgan fingerprint density at radius 2 is 2.30 bits per heavy atom. The number of H-pyrrole nitrogens is 1. The van der Waals surface area contributed by atoms with Gasteiger partial charge in [-0.3, -0.25) is 9.88 Å². The van der Waals surface area contributed by atoms with Gasteiger partial charge in [0.2, 0.25) is 0 Å². The number of aromatic amines is 1. The van der Waals surface area contributed by atoms with E-state index in [1.807, 2.05) is 19.3 Å². The van der Waals surface area contributed by atoms with Crippen LogP contribution in [-0.4, -0.2) is 32.9 Å². The first kappa shape index (κ1) is 16.1. The maximum atomic E-state index is 5.68. The van der Waals surface area contributed by atoms with Gasteiger partial charge in [0, 0.05) is 12.4 Å². The van der Waals surface area contributed by atoms with Crippen LogP contribution in [0.15, 0.2) is 24.5 Å². The summed E-state index contributed by atoms with van der Waals surface area (Å²) < 4.78 is 0. The lowest BCUT2D eigenvalue weighted by Gasteiger charge is -2.34. The van der Waals surface area contributed by atoms with Gasteiger partial charge in [-0.15, -0.1) is 0 Å². The van der Waals surface area contributed by atoms with Crippen LogP contribution in [0, 0.1) is 6.92 Å². The summed E-state index contributed by atoms with van der Waals surface area (Å²) in [5.41, 5.74) is 9.39. The van der Waals surface area contributed by atoms with Crippen LogP contribution in [0.25, 0.3) is 0 Å². The molecule has 0 spiro atoms. The van der Waals surface area contributed by atoms with Crippen molar-refractivity contribution in [1.29, 1.82) is 0 Å². The largest absolute Gasteiger partial charge is 0.347 e. The van der Waals surface area contributed by atoms with Gasteiger partial charge < -0.3 is 10.7 Å². The van der Waals surface area contributed by atoms with E-state index in [0.29, 0.717) is 6.04 Å². The predicted octanol–water partition coefficient (Wildman–Crippen LogP) is 2.73. The molecule has 5 heteroatoms. The van der Waals surface area contributed by atoms with Gasteiger partial charge in [-0.05, 0) is 63.7 Å². The Balaban J connectivity index is 1.80. The van der Waals surface area contributed by atoms with Crippen LogP contribution in [-0.2, 0) is 13.0 Å². The second kappa shape index (κ2) is 7.70. The van der Waals surface area contributed by atoms with Crippen molar-refractivity contribution < 1.29 is 0 Å². The average Bonchev–Trinajstić information content (AvgIpc) is 2.99. The van der Waals surface area contributed by atoms with Crippen molar-refractivity contribution >= 4 is 0 Å². The molecule has 0 amide bonds. The number of nitrogens with zero attached hydrogens (tertiary/aromatic N) is 3. The second-order valence-electron chi connectivity index (χ2n) is 6.41. The molecule has 3 rings (SSSR count). The first-order valence-electron chi connectivity index (χ1n) is 8.66. The Bertz CT molecular complexity index is 621. The summed E-state index contributed by atoms with van der Waals surface area (Å²) >= 11 is 0. The number of hydrogen-bond acceptors (Lipinski definition) is 4. The number of nitrogens with one attached hydrogen (secondary N) is 1. The van der Waals surface area contributed by atoms with E-state index in [1.54, 1.807) is 0 Å². The highest BCUT2D eigenvalue weighted by Gasteiger charge is 2.27. The topological polar surface area (TPSA) is 70.8 Å². The number of imidazole rings is 1. The zero-order valence-corrected chi connectivity index (χ0v) is 14.0. The Morgan fingerprint density at radius 3 is 3.09 bits per heavy atom. The van der Waals surface area contributed by atoms with Crippen molar-refractivity contribution in [3.05, 3.63) is 47.3 Å². The lowest BCUT2D eigenvalue weighted by atomic mass is 9.90. The molecule has 2 heterocycles. The molecule has 0 bridgehead atoms. The molecule has 2 aromatic heterocycles. The monoisotopic (exact) mass is 313 g/mol. The van der Waals surface area contributed by atoms with E-state index in [1.165, 1.54) is 24.1 Å². The number of aromatic nitrogens is 3. The zero-order valence-electron chi connectivity index (χ0n) is 14.0. The lowest BCUT2D eigenvalue weighted by molar-refractivity contribution is 0.159. The van der Waals surface area contributed by atoms with Crippen LogP contribution in [0.3, 0.4) is 0 Å². The fourth-order valence-electron chi connectivity index (χ4n) is 3.48. The van der Waals surface area contributed by atoms with Crippen molar-refractivity contribution in [2.24, 2.45) is 5.73 Å². The summed E-state index contributed by atoms with van der Waals surface area (Å²) in [6, 6.07) is 4.67. The van der Waals surface area contributed by atoms with Gasteiger partial charge in [0.15, 0.2) is 0 Å². The normalized spacial score (nSPS) is 17.4. The summed E-state index contributed by atoms with van der Waals surface area (Å²) in [5, 5.41) is 0. The van der Waals surface area contributed by atoms with Crippen molar-refractivity contribution in [3.8, 4) is 0 Å². The minimum Gasteiger partial charge on any atom is -0.347 e. The van der Waals surface area contributed by atoms with Crippen LogP contribution in [0.2, 0.25) is 0 Å².